The van der Waals surface area contributed by atoms with Crippen LogP contribution >= 0.6 is 0 Å². The number of pyridine rings is 1. The van der Waals surface area contributed by atoms with Gasteiger partial charge in [-0.1, -0.05) is 12.1 Å². The Morgan fingerprint density at radius 1 is 1.13 bits per heavy atom. The van der Waals surface area contributed by atoms with Crippen LogP contribution in [0.2, 0.25) is 0 Å². The third kappa shape index (κ3) is 3.03. The molecule has 0 saturated carbocycles. The molecule has 0 bridgehead atoms. The minimum Gasteiger partial charge on any atom is -0.318 e. The number of hydrazine groups is 1. The highest BCUT2D eigenvalue weighted by Crippen LogP contribution is 2.17. The van der Waals surface area contributed by atoms with Gasteiger partial charge in [0.15, 0.2) is 0 Å². The number of para-hydroxylation sites is 2. The fraction of sp³-hybridized carbons (Fsp3) is 0.125. The standard InChI is InChI=1S/C16H15N5O2/c1-11(21-10-18-13-6-2-3-7-14(13)21)15(22)19-20-16(23)12-5-4-8-17-9-12/h2-11H,1H3,(H,19,22)(H,20,23). The monoisotopic (exact) mass is 309 g/mol. The molecule has 1 atom stereocenters. The van der Waals surface area contributed by atoms with Crippen LogP contribution in [0.5, 0.6) is 0 Å². The summed E-state index contributed by atoms with van der Waals surface area (Å²) in [5.41, 5.74) is 6.83. The van der Waals surface area contributed by atoms with Gasteiger partial charge in [-0.05, 0) is 31.2 Å². The highest BCUT2D eigenvalue weighted by Gasteiger charge is 2.17. The molecule has 0 radical (unpaired) electrons. The van der Waals surface area contributed by atoms with E-state index in [1.54, 1.807) is 36.1 Å². The topological polar surface area (TPSA) is 88.9 Å². The molecule has 2 N–H and O–H groups in total. The van der Waals surface area contributed by atoms with Gasteiger partial charge in [0.1, 0.15) is 6.04 Å². The number of hydrogen-bond acceptors (Lipinski definition) is 4. The van der Waals surface area contributed by atoms with E-state index in [1.807, 2.05) is 24.3 Å². The van der Waals surface area contributed by atoms with Crippen molar-refractivity contribution in [3.63, 3.8) is 0 Å². The number of benzene rings is 1. The van der Waals surface area contributed by atoms with Gasteiger partial charge < -0.3 is 4.57 Å². The molecular weight excluding hydrogens is 294 g/mol. The summed E-state index contributed by atoms with van der Waals surface area (Å²) in [5.74, 6) is -0.764. The maximum atomic E-state index is 12.2. The van der Waals surface area contributed by atoms with Crippen molar-refractivity contribution >= 4 is 22.8 Å². The highest BCUT2D eigenvalue weighted by atomic mass is 16.2. The molecule has 7 nitrogen and oxygen atoms in total. The molecule has 2 heterocycles. The Labute approximate surface area is 132 Å². The molecule has 3 rings (SSSR count). The number of nitrogens with one attached hydrogen (secondary N) is 2. The van der Waals surface area contributed by atoms with Gasteiger partial charge in [-0.25, -0.2) is 4.98 Å². The maximum absolute atomic E-state index is 12.2. The number of aromatic nitrogens is 3. The van der Waals surface area contributed by atoms with E-state index in [-0.39, 0.29) is 5.91 Å². The molecule has 0 aliphatic heterocycles. The molecule has 1 aromatic carbocycles. The molecule has 0 aliphatic carbocycles. The van der Waals surface area contributed by atoms with E-state index >= 15 is 0 Å². The van der Waals surface area contributed by atoms with Gasteiger partial charge in [-0.2, -0.15) is 0 Å². The fourth-order valence-electron chi connectivity index (χ4n) is 2.21. The Kier molecular flexibility index (Phi) is 4.01. The summed E-state index contributed by atoms with van der Waals surface area (Å²) >= 11 is 0. The minimum absolute atomic E-state index is 0.342. The normalized spacial score (nSPS) is 11.9. The van der Waals surface area contributed by atoms with Crippen LogP contribution in [0.15, 0.2) is 55.1 Å². The van der Waals surface area contributed by atoms with E-state index in [0.29, 0.717) is 5.56 Å². The van der Waals surface area contributed by atoms with Crippen LogP contribution in [0, 0.1) is 0 Å². The lowest BCUT2D eigenvalue weighted by atomic mass is 10.2. The lowest BCUT2D eigenvalue weighted by molar-refractivity contribution is -0.124. The maximum Gasteiger partial charge on any atom is 0.271 e. The first-order valence-corrected chi connectivity index (χ1v) is 7.08. The van der Waals surface area contributed by atoms with E-state index in [4.69, 9.17) is 0 Å². The van der Waals surface area contributed by atoms with Gasteiger partial charge >= 0.3 is 0 Å². The molecule has 0 saturated heterocycles. The van der Waals surface area contributed by atoms with Crippen molar-refractivity contribution in [2.24, 2.45) is 0 Å². The summed E-state index contributed by atoms with van der Waals surface area (Å²) < 4.78 is 1.75. The molecule has 116 valence electrons. The zero-order valence-electron chi connectivity index (χ0n) is 12.4. The van der Waals surface area contributed by atoms with Crippen molar-refractivity contribution in [1.29, 1.82) is 0 Å². The van der Waals surface area contributed by atoms with Crippen molar-refractivity contribution < 1.29 is 9.59 Å². The number of imidazole rings is 1. The van der Waals surface area contributed by atoms with Crippen LogP contribution in [-0.2, 0) is 4.79 Å². The number of nitrogens with zero attached hydrogens (tertiary/aromatic N) is 3. The van der Waals surface area contributed by atoms with Crippen molar-refractivity contribution in [1.82, 2.24) is 25.4 Å². The Bertz CT molecular complexity index is 844. The van der Waals surface area contributed by atoms with Crippen LogP contribution in [0.25, 0.3) is 11.0 Å². The zero-order valence-corrected chi connectivity index (χ0v) is 12.4. The van der Waals surface area contributed by atoms with Crippen molar-refractivity contribution in [2.45, 2.75) is 13.0 Å². The third-order valence-electron chi connectivity index (χ3n) is 3.50. The van der Waals surface area contributed by atoms with Crippen molar-refractivity contribution in [3.8, 4) is 0 Å². The predicted octanol–water partition coefficient (Wildman–Crippen LogP) is 1.45. The smallest absolute Gasteiger partial charge is 0.271 e. The van der Waals surface area contributed by atoms with Gasteiger partial charge in [0.25, 0.3) is 11.8 Å². The van der Waals surface area contributed by atoms with Gasteiger partial charge in [-0.3, -0.25) is 25.4 Å². The Morgan fingerprint density at radius 3 is 2.74 bits per heavy atom. The Balaban J connectivity index is 1.67. The van der Waals surface area contributed by atoms with Gasteiger partial charge in [-0.15, -0.1) is 0 Å². The second kappa shape index (κ2) is 6.27. The molecule has 1 unspecified atom stereocenters. The second-order valence-corrected chi connectivity index (χ2v) is 5.00. The van der Waals surface area contributed by atoms with E-state index in [9.17, 15) is 9.59 Å². The second-order valence-electron chi connectivity index (χ2n) is 5.00. The Hall–Kier alpha value is -3.22. The molecular formula is C16H15N5O2. The summed E-state index contributed by atoms with van der Waals surface area (Å²) in [4.78, 5) is 32.2. The highest BCUT2D eigenvalue weighted by molar-refractivity contribution is 5.95. The Morgan fingerprint density at radius 2 is 1.96 bits per heavy atom. The molecule has 0 spiro atoms. The molecule has 0 aliphatic rings. The zero-order chi connectivity index (χ0) is 16.2. The molecule has 3 aromatic rings. The first kappa shape index (κ1) is 14.7. The van der Waals surface area contributed by atoms with Crippen molar-refractivity contribution in [3.05, 3.63) is 60.7 Å². The van der Waals surface area contributed by atoms with E-state index in [0.717, 1.165) is 11.0 Å². The van der Waals surface area contributed by atoms with Gasteiger partial charge in [0.05, 0.1) is 22.9 Å². The summed E-state index contributed by atoms with van der Waals surface area (Å²) in [6.07, 6.45) is 4.60. The quantitative estimate of drug-likeness (QED) is 0.717. The van der Waals surface area contributed by atoms with Crippen LogP contribution in [0.3, 0.4) is 0 Å². The average molecular weight is 309 g/mol. The first-order chi connectivity index (χ1) is 11.2. The third-order valence-corrected chi connectivity index (χ3v) is 3.50. The number of amides is 2. The minimum atomic E-state index is -0.517. The SMILES string of the molecule is CC(C(=O)NNC(=O)c1cccnc1)n1cnc2ccccc21. The van der Waals surface area contributed by atoms with Crippen LogP contribution < -0.4 is 10.9 Å². The van der Waals surface area contributed by atoms with E-state index in [2.05, 4.69) is 20.8 Å². The molecule has 0 fully saturated rings. The summed E-state index contributed by atoms with van der Waals surface area (Å²) in [7, 11) is 0. The number of hydrogen-bond donors (Lipinski definition) is 2. The number of fused-ring (bicyclic) bond motifs is 1. The van der Waals surface area contributed by atoms with Crippen LogP contribution in [0.1, 0.15) is 23.3 Å². The van der Waals surface area contributed by atoms with Gasteiger partial charge in [0, 0.05) is 12.4 Å². The fourth-order valence-corrected chi connectivity index (χ4v) is 2.21. The van der Waals surface area contributed by atoms with Crippen LogP contribution in [-0.4, -0.2) is 26.3 Å². The largest absolute Gasteiger partial charge is 0.318 e. The summed E-state index contributed by atoms with van der Waals surface area (Å²) in [6.45, 7) is 1.74. The summed E-state index contributed by atoms with van der Waals surface area (Å²) in [6, 6.07) is 10.3. The summed E-state index contributed by atoms with van der Waals surface area (Å²) in [5, 5.41) is 0. The van der Waals surface area contributed by atoms with Crippen LogP contribution in [0.4, 0.5) is 0 Å². The molecule has 23 heavy (non-hydrogen) atoms. The molecule has 2 amide bonds. The van der Waals surface area contributed by atoms with E-state index < -0.39 is 11.9 Å². The number of carbonyl (C=O) groups excluding carboxylic acids is 2. The van der Waals surface area contributed by atoms with Gasteiger partial charge in [0.2, 0.25) is 0 Å². The average Bonchev–Trinajstić information content (AvgIpc) is 3.03. The molecule has 7 heteroatoms. The van der Waals surface area contributed by atoms with Crippen molar-refractivity contribution in [2.75, 3.05) is 0 Å². The predicted molar refractivity (Wildman–Crippen MR) is 84.3 cm³/mol. The lowest BCUT2D eigenvalue weighted by Crippen LogP contribution is -2.44. The lowest BCUT2D eigenvalue weighted by Gasteiger charge is -2.15. The number of rotatable bonds is 3. The van der Waals surface area contributed by atoms with E-state index in [1.165, 1.54) is 6.20 Å². The first-order valence-electron chi connectivity index (χ1n) is 7.08. The molecule has 2 aromatic heterocycles. The number of carbonyl (C=O) groups is 2.